The molecule has 0 fully saturated rings. The minimum absolute atomic E-state index is 0.137. The van der Waals surface area contributed by atoms with Crippen LogP contribution in [0.4, 0.5) is 5.69 Å². The van der Waals surface area contributed by atoms with E-state index in [2.05, 4.69) is 28.0 Å². The van der Waals surface area contributed by atoms with Gasteiger partial charge in [0.2, 0.25) is 4.96 Å². The van der Waals surface area contributed by atoms with E-state index in [1.807, 2.05) is 36.6 Å². The Hall–Kier alpha value is -2.53. The maximum Gasteiger partial charge on any atom is 0.275 e. The first-order chi connectivity index (χ1) is 15.1. The average Bonchev–Trinajstić information content (AvgIpc) is 3.50. The summed E-state index contributed by atoms with van der Waals surface area (Å²) < 4.78 is 3.43. The Morgan fingerprint density at radius 2 is 2.13 bits per heavy atom. The fourth-order valence-corrected chi connectivity index (χ4v) is 6.49. The molecule has 0 aliphatic rings. The molecule has 4 aromatic heterocycles. The van der Waals surface area contributed by atoms with Crippen molar-refractivity contribution in [1.82, 2.24) is 19.6 Å². The quantitative estimate of drug-likeness (QED) is 0.297. The molecule has 0 aliphatic heterocycles. The van der Waals surface area contributed by atoms with Crippen molar-refractivity contribution in [2.75, 3.05) is 5.32 Å². The first-order valence-corrected chi connectivity index (χ1v) is 13.0. The number of nitrogens with zero attached hydrogens (tertiary/aromatic N) is 4. The van der Waals surface area contributed by atoms with Crippen LogP contribution < -0.4 is 10.9 Å². The van der Waals surface area contributed by atoms with Gasteiger partial charge < -0.3 is 5.32 Å². The highest BCUT2D eigenvalue weighted by atomic mass is 32.2. The molecule has 6 nitrogen and oxygen atoms in total. The predicted molar refractivity (Wildman–Crippen MR) is 133 cm³/mol. The van der Waals surface area contributed by atoms with Gasteiger partial charge in [-0.2, -0.15) is 9.61 Å². The van der Waals surface area contributed by atoms with Crippen LogP contribution in [0.3, 0.4) is 0 Å². The summed E-state index contributed by atoms with van der Waals surface area (Å²) in [5.41, 5.74) is 3.44. The number of aromatic nitrogens is 4. The van der Waals surface area contributed by atoms with Gasteiger partial charge in [0.1, 0.15) is 5.01 Å². The van der Waals surface area contributed by atoms with E-state index >= 15 is 0 Å². The second-order valence-corrected chi connectivity index (χ2v) is 10.9. The Kier molecular flexibility index (Phi) is 5.61. The number of hydrogen-bond acceptors (Lipinski definition) is 9. The maximum atomic E-state index is 12.3. The standard InChI is InChI=1S/C21H17N5OS4/c1-3-18-25-26-19(27)10-14(23-20(26)31-18)11-29-21-24-15-7-6-13(9-17(15)30-21)22-12(2)16-5-4-8-28-16/h4-10,22H,2-3,11H2,1H3. The van der Waals surface area contributed by atoms with Crippen molar-refractivity contribution in [3.05, 3.63) is 74.3 Å². The molecule has 0 saturated heterocycles. The Morgan fingerprint density at radius 3 is 2.94 bits per heavy atom. The number of thiazole rings is 1. The van der Waals surface area contributed by atoms with Gasteiger partial charge >= 0.3 is 0 Å². The van der Waals surface area contributed by atoms with Gasteiger partial charge in [-0.25, -0.2) is 9.97 Å². The lowest BCUT2D eigenvalue weighted by atomic mass is 10.3. The van der Waals surface area contributed by atoms with E-state index in [4.69, 9.17) is 4.98 Å². The van der Waals surface area contributed by atoms with Crippen LogP contribution in [0.1, 0.15) is 22.5 Å². The molecule has 1 N–H and O–H groups in total. The molecule has 0 amide bonds. The van der Waals surface area contributed by atoms with Crippen molar-refractivity contribution < 1.29 is 0 Å². The summed E-state index contributed by atoms with van der Waals surface area (Å²) in [6, 6.07) is 11.7. The van der Waals surface area contributed by atoms with E-state index in [0.29, 0.717) is 10.7 Å². The second-order valence-electron chi connectivity index (χ2n) is 6.66. The van der Waals surface area contributed by atoms with Gasteiger partial charge in [-0.3, -0.25) is 4.79 Å². The van der Waals surface area contributed by atoms with Gasteiger partial charge in [-0.1, -0.05) is 42.7 Å². The number of thioether (sulfide) groups is 1. The van der Waals surface area contributed by atoms with Crippen molar-refractivity contribution in [2.45, 2.75) is 23.4 Å². The third-order valence-corrected chi connectivity index (χ3v) is 8.65. The zero-order valence-electron chi connectivity index (χ0n) is 16.5. The molecule has 5 rings (SSSR count). The molecule has 156 valence electrons. The van der Waals surface area contributed by atoms with Gasteiger partial charge in [0, 0.05) is 28.1 Å². The summed E-state index contributed by atoms with van der Waals surface area (Å²) in [5.74, 6) is 0.589. The molecule has 5 aromatic rings. The fraction of sp³-hybridized carbons (Fsp3) is 0.143. The molecule has 1 aromatic carbocycles. The molecule has 4 heterocycles. The number of anilines is 1. The van der Waals surface area contributed by atoms with Gasteiger partial charge in [0.25, 0.3) is 5.56 Å². The van der Waals surface area contributed by atoms with E-state index in [-0.39, 0.29) is 5.56 Å². The third kappa shape index (κ3) is 4.29. The van der Waals surface area contributed by atoms with E-state index in [1.165, 1.54) is 15.9 Å². The van der Waals surface area contributed by atoms with Crippen LogP contribution in [0.15, 0.2) is 57.5 Å². The molecular formula is C21H17N5OS4. The lowest BCUT2D eigenvalue weighted by molar-refractivity contribution is 0.852. The molecule has 0 aliphatic carbocycles. The van der Waals surface area contributed by atoms with Gasteiger partial charge in [-0.15, -0.1) is 22.7 Å². The van der Waals surface area contributed by atoms with Crippen LogP contribution in [-0.4, -0.2) is 19.6 Å². The number of fused-ring (bicyclic) bond motifs is 2. The number of hydrogen-bond donors (Lipinski definition) is 1. The van der Waals surface area contributed by atoms with Gasteiger partial charge in [-0.05, 0) is 36.1 Å². The highest BCUT2D eigenvalue weighted by Crippen LogP contribution is 2.33. The second kappa shape index (κ2) is 8.54. The zero-order valence-corrected chi connectivity index (χ0v) is 19.8. The van der Waals surface area contributed by atoms with E-state index in [9.17, 15) is 4.79 Å². The summed E-state index contributed by atoms with van der Waals surface area (Å²) in [7, 11) is 0. The first kappa shape index (κ1) is 20.4. The smallest absolute Gasteiger partial charge is 0.275 e. The lowest BCUT2D eigenvalue weighted by Gasteiger charge is -2.07. The maximum absolute atomic E-state index is 12.3. The summed E-state index contributed by atoms with van der Waals surface area (Å²) in [4.78, 5) is 23.4. The molecular weight excluding hydrogens is 467 g/mol. The predicted octanol–water partition coefficient (Wildman–Crippen LogP) is 5.76. The number of aryl methyl sites for hydroxylation is 1. The minimum atomic E-state index is -0.137. The Morgan fingerprint density at radius 1 is 1.23 bits per heavy atom. The van der Waals surface area contributed by atoms with Crippen LogP contribution in [0.25, 0.3) is 20.9 Å². The van der Waals surface area contributed by atoms with E-state index in [1.54, 1.807) is 40.5 Å². The molecule has 0 radical (unpaired) electrons. The highest BCUT2D eigenvalue weighted by Gasteiger charge is 2.11. The van der Waals surface area contributed by atoms with Crippen LogP contribution in [0.2, 0.25) is 0 Å². The first-order valence-electron chi connectivity index (χ1n) is 9.51. The Balaban J connectivity index is 1.32. The number of thiophene rings is 1. The summed E-state index contributed by atoms with van der Waals surface area (Å²) in [6.07, 6.45) is 0.792. The molecule has 31 heavy (non-hydrogen) atoms. The van der Waals surface area contributed by atoms with Crippen LogP contribution in [0.5, 0.6) is 0 Å². The number of benzene rings is 1. The monoisotopic (exact) mass is 483 g/mol. The zero-order chi connectivity index (χ0) is 21.4. The molecule has 0 atom stereocenters. The Labute approximate surface area is 194 Å². The van der Waals surface area contributed by atoms with Gasteiger partial charge in [0.05, 0.1) is 15.9 Å². The molecule has 10 heteroatoms. The normalized spacial score (nSPS) is 11.4. The van der Waals surface area contributed by atoms with Crippen LogP contribution in [0, 0.1) is 0 Å². The average molecular weight is 484 g/mol. The highest BCUT2D eigenvalue weighted by molar-refractivity contribution is 8.00. The summed E-state index contributed by atoms with van der Waals surface area (Å²) in [5, 5.41) is 10.6. The molecule has 0 spiro atoms. The van der Waals surface area contributed by atoms with Gasteiger partial charge in [0.15, 0.2) is 4.34 Å². The van der Waals surface area contributed by atoms with Crippen molar-refractivity contribution in [3.8, 4) is 0 Å². The molecule has 0 unspecified atom stereocenters. The van der Waals surface area contributed by atoms with Crippen molar-refractivity contribution in [3.63, 3.8) is 0 Å². The third-order valence-electron chi connectivity index (χ3n) is 4.47. The lowest BCUT2D eigenvalue weighted by Crippen LogP contribution is -2.15. The summed E-state index contributed by atoms with van der Waals surface area (Å²) >= 11 is 6.35. The number of nitrogens with one attached hydrogen (secondary N) is 1. The Bertz CT molecular complexity index is 1450. The van der Waals surface area contributed by atoms with Crippen LogP contribution in [-0.2, 0) is 12.2 Å². The topological polar surface area (TPSA) is 72.2 Å². The number of rotatable bonds is 7. The SMILES string of the molecule is C=C(Nc1ccc2nc(SCc3cc(=O)n4nc(CC)sc4n3)sc2c1)c1cccs1. The van der Waals surface area contributed by atoms with Crippen LogP contribution >= 0.6 is 45.8 Å². The van der Waals surface area contributed by atoms with Crippen molar-refractivity contribution >= 4 is 72.3 Å². The van der Waals surface area contributed by atoms with Crippen molar-refractivity contribution in [1.29, 1.82) is 0 Å². The summed E-state index contributed by atoms with van der Waals surface area (Å²) in [6.45, 7) is 6.14. The van der Waals surface area contributed by atoms with Crippen molar-refractivity contribution in [2.24, 2.45) is 0 Å². The van der Waals surface area contributed by atoms with E-state index < -0.39 is 0 Å². The fourth-order valence-electron chi connectivity index (χ4n) is 2.98. The largest absolute Gasteiger partial charge is 0.355 e. The molecule has 0 bridgehead atoms. The molecule has 0 saturated carbocycles. The minimum Gasteiger partial charge on any atom is -0.355 e. The van der Waals surface area contributed by atoms with E-state index in [0.717, 1.165) is 47.9 Å².